The molecule has 0 saturated carbocycles. The smallest absolute Gasteiger partial charge is 0.256 e. The third-order valence-corrected chi connectivity index (χ3v) is 4.65. The van der Waals surface area contributed by atoms with E-state index >= 15 is 0 Å². The molecule has 4 heteroatoms. The Morgan fingerprint density at radius 2 is 1.80 bits per heavy atom. The van der Waals surface area contributed by atoms with Crippen molar-refractivity contribution in [3.05, 3.63) is 36.4 Å². The number of amides is 1. The van der Waals surface area contributed by atoms with Crippen LogP contribution in [0.2, 0.25) is 0 Å². The Bertz CT molecular complexity index is 728. The maximum atomic E-state index is 12.7. The second-order valence-corrected chi connectivity index (χ2v) is 6.47. The molecule has 2 atom stereocenters. The van der Waals surface area contributed by atoms with Gasteiger partial charge in [-0.2, -0.15) is 0 Å². The highest BCUT2D eigenvalue weighted by molar-refractivity contribution is 6.06. The highest BCUT2D eigenvalue weighted by atomic mass is 16.5. The largest absolute Gasteiger partial charge is 0.490 e. The first kappa shape index (κ1) is 19.3. The topological polar surface area (TPSA) is 47.6 Å². The van der Waals surface area contributed by atoms with Crippen molar-refractivity contribution >= 4 is 22.4 Å². The normalized spacial score (nSPS) is 14.8. The highest BCUT2D eigenvalue weighted by Crippen LogP contribution is 2.33. The van der Waals surface area contributed by atoms with Crippen LogP contribution in [0.3, 0.4) is 0 Å². The Balaban J connectivity index is 2.37. The average Bonchev–Trinajstić information content (AvgIpc) is 2.63. The van der Waals surface area contributed by atoms with Gasteiger partial charge in [0, 0.05) is 23.1 Å². The third kappa shape index (κ3) is 4.31. The minimum atomic E-state index is -0.832. The zero-order valence-electron chi connectivity index (χ0n) is 15.9. The van der Waals surface area contributed by atoms with Crippen molar-refractivity contribution in [1.29, 1.82) is 0 Å². The van der Waals surface area contributed by atoms with E-state index in [0.29, 0.717) is 13.0 Å². The highest BCUT2D eigenvalue weighted by Gasteiger charge is 2.32. The molecule has 0 spiro atoms. The molecule has 2 rings (SSSR count). The van der Waals surface area contributed by atoms with Crippen molar-refractivity contribution in [3.63, 3.8) is 0 Å². The standard InChI is InChI=1S/C21H29NO3/c1-6-15(4)25-19-14-13-18(16-11-9-10-12-17(16)19)22-20(23)21(5,7-2)24-8-3/h9-15H,6-8H2,1-5H3,(H,22,23)/t15-,21+/m0/s1. The Labute approximate surface area is 150 Å². The number of ether oxygens (including phenoxy) is 2. The lowest BCUT2D eigenvalue weighted by atomic mass is 10.0. The maximum absolute atomic E-state index is 12.7. The van der Waals surface area contributed by atoms with Gasteiger partial charge in [0.2, 0.25) is 0 Å². The molecule has 4 nitrogen and oxygen atoms in total. The first-order chi connectivity index (χ1) is 11.9. The summed E-state index contributed by atoms with van der Waals surface area (Å²) >= 11 is 0. The second kappa shape index (κ2) is 8.34. The van der Waals surface area contributed by atoms with Gasteiger partial charge in [-0.1, -0.05) is 38.1 Å². The van der Waals surface area contributed by atoms with Crippen molar-refractivity contribution in [3.8, 4) is 5.75 Å². The fourth-order valence-electron chi connectivity index (χ4n) is 2.68. The van der Waals surface area contributed by atoms with Crippen LogP contribution < -0.4 is 10.1 Å². The summed E-state index contributed by atoms with van der Waals surface area (Å²) in [5, 5.41) is 5.00. The minimum absolute atomic E-state index is 0.127. The van der Waals surface area contributed by atoms with E-state index < -0.39 is 5.60 Å². The van der Waals surface area contributed by atoms with Gasteiger partial charge in [0.25, 0.3) is 5.91 Å². The number of benzene rings is 2. The van der Waals surface area contributed by atoms with Crippen LogP contribution >= 0.6 is 0 Å². The number of anilines is 1. The summed E-state index contributed by atoms with van der Waals surface area (Å²) in [4.78, 5) is 12.7. The Morgan fingerprint density at radius 3 is 2.40 bits per heavy atom. The summed E-state index contributed by atoms with van der Waals surface area (Å²) < 4.78 is 11.7. The number of nitrogens with one attached hydrogen (secondary N) is 1. The van der Waals surface area contributed by atoms with Gasteiger partial charge >= 0.3 is 0 Å². The van der Waals surface area contributed by atoms with Gasteiger partial charge in [-0.3, -0.25) is 4.79 Å². The van der Waals surface area contributed by atoms with E-state index in [-0.39, 0.29) is 12.0 Å². The minimum Gasteiger partial charge on any atom is -0.490 e. The Kier molecular flexibility index (Phi) is 6.43. The number of hydrogen-bond acceptors (Lipinski definition) is 3. The van der Waals surface area contributed by atoms with Crippen LogP contribution in [-0.2, 0) is 9.53 Å². The van der Waals surface area contributed by atoms with Crippen molar-refractivity contribution in [2.45, 2.75) is 59.2 Å². The van der Waals surface area contributed by atoms with E-state index in [1.807, 2.05) is 57.2 Å². The molecule has 0 unspecified atom stereocenters. The van der Waals surface area contributed by atoms with Crippen LogP contribution in [0.1, 0.15) is 47.5 Å². The molecule has 2 aromatic rings. The average molecular weight is 343 g/mol. The van der Waals surface area contributed by atoms with Gasteiger partial charge < -0.3 is 14.8 Å². The summed E-state index contributed by atoms with van der Waals surface area (Å²) in [5.74, 6) is 0.712. The maximum Gasteiger partial charge on any atom is 0.256 e. The summed E-state index contributed by atoms with van der Waals surface area (Å²) in [5.41, 5.74) is -0.0571. The Hall–Kier alpha value is -2.07. The van der Waals surface area contributed by atoms with E-state index in [0.717, 1.165) is 28.6 Å². The van der Waals surface area contributed by atoms with E-state index in [9.17, 15) is 4.79 Å². The molecule has 136 valence electrons. The number of rotatable bonds is 8. The quantitative estimate of drug-likeness (QED) is 0.720. The lowest BCUT2D eigenvalue weighted by molar-refractivity contribution is -0.139. The molecular formula is C21H29NO3. The molecule has 0 saturated heterocycles. The zero-order chi connectivity index (χ0) is 18.4. The Morgan fingerprint density at radius 1 is 1.12 bits per heavy atom. The summed E-state index contributed by atoms with van der Waals surface area (Å²) in [6.07, 6.45) is 1.70. The van der Waals surface area contributed by atoms with E-state index in [1.54, 1.807) is 0 Å². The van der Waals surface area contributed by atoms with Crippen molar-refractivity contribution in [1.82, 2.24) is 0 Å². The van der Waals surface area contributed by atoms with E-state index in [4.69, 9.17) is 9.47 Å². The molecule has 0 aliphatic rings. The summed E-state index contributed by atoms with van der Waals surface area (Å²) in [6.45, 7) is 10.3. The number of fused-ring (bicyclic) bond motifs is 1. The molecule has 0 radical (unpaired) electrons. The number of carbonyl (C=O) groups is 1. The van der Waals surface area contributed by atoms with Crippen LogP contribution in [0.15, 0.2) is 36.4 Å². The second-order valence-electron chi connectivity index (χ2n) is 6.47. The molecule has 2 aromatic carbocycles. The van der Waals surface area contributed by atoms with Gasteiger partial charge in [-0.05, 0) is 45.7 Å². The lowest BCUT2D eigenvalue weighted by Gasteiger charge is -2.27. The van der Waals surface area contributed by atoms with Crippen LogP contribution in [0.25, 0.3) is 10.8 Å². The third-order valence-electron chi connectivity index (χ3n) is 4.65. The predicted molar refractivity (Wildman–Crippen MR) is 103 cm³/mol. The molecule has 0 heterocycles. The molecule has 0 fully saturated rings. The molecular weight excluding hydrogens is 314 g/mol. The lowest BCUT2D eigenvalue weighted by Crippen LogP contribution is -2.42. The van der Waals surface area contributed by atoms with Crippen LogP contribution in [-0.4, -0.2) is 24.2 Å². The number of carbonyl (C=O) groups excluding carboxylic acids is 1. The number of hydrogen-bond donors (Lipinski definition) is 1. The summed E-state index contributed by atoms with van der Waals surface area (Å²) in [7, 11) is 0. The van der Waals surface area contributed by atoms with Crippen molar-refractivity contribution in [2.75, 3.05) is 11.9 Å². The fraction of sp³-hybridized carbons (Fsp3) is 0.476. The first-order valence-electron chi connectivity index (χ1n) is 9.09. The van der Waals surface area contributed by atoms with Gasteiger partial charge in [0.1, 0.15) is 11.4 Å². The van der Waals surface area contributed by atoms with Gasteiger partial charge in [-0.25, -0.2) is 0 Å². The van der Waals surface area contributed by atoms with Crippen LogP contribution in [0, 0.1) is 0 Å². The molecule has 0 aliphatic carbocycles. The van der Waals surface area contributed by atoms with Crippen molar-refractivity contribution < 1.29 is 14.3 Å². The SMILES string of the molecule is CCO[C@](C)(CC)C(=O)Nc1ccc(O[C@@H](C)CC)c2ccccc12. The van der Waals surface area contributed by atoms with Gasteiger partial charge in [0.15, 0.2) is 0 Å². The monoisotopic (exact) mass is 343 g/mol. The molecule has 0 aromatic heterocycles. The predicted octanol–water partition coefficient (Wildman–Crippen LogP) is 5.16. The fourth-order valence-corrected chi connectivity index (χ4v) is 2.68. The first-order valence-corrected chi connectivity index (χ1v) is 9.09. The van der Waals surface area contributed by atoms with E-state index in [1.165, 1.54) is 0 Å². The molecule has 25 heavy (non-hydrogen) atoms. The zero-order valence-corrected chi connectivity index (χ0v) is 15.9. The van der Waals surface area contributed by atoms with Crippen LogP contribution in [0.5, 0.6) is 5.75 Å². The molecule has 0 bridgehead atoms. The molecule has 0 aliphatic heterocycles. The molecule has 1 N–H and O–H groups in total. The van der Waals surface area contributed by atoms with E-state index in [2.05, 4.69) is 19.2 Å². The van der Waals surface area contributed by atoms with Crippen LogP contribution in [0.4, 0.5) is 5.69 Å². The summed E-state index contributed by atoms with van der Waals surface area (Å²) in [6, 6.07) is 11.8. The molecule has 1 amide bonds. The van der Waals surface area contributed by atoms with Crippen molar-refractivity contribution in [2.24, 2.45) is 0 Å². The van der Waals surface area contributed by atoms with Gasteiger partial charge in [-0.15, -0.1) is 0 Å². The van der Waals surface area contributed by atoms with Gasteiger partial charge in [0.05, 0.1) is 6.10 Å².